The highest BCUT2D eigenvalue weighted by atomic mass is 32.2. The predicted octanol–water partition coefficient (Wildman–Crippen LogP) is 2.52. The molecule has 1 aromatic carbocycles. The molecule has 1 heterocycles. The number of nitrogens with one attached hydrogen (secondary N) is 1. The second-order valence-electron chi connectivity index (χ2n) is 5.26. The molecule has 0 radical (unpaired) electrons. The van der Waals surface area contributed by atoms with Crippen molar-refractivity contribution < 1.29 is 4.79 Å². The van der Waals surface area contributed by atoms with E-state index >= 15 is 0 Å². The van der Waals surface area contributed by atoms with Gasteiger partial charge in [-0.25, -0.2) is 0 Å². The molecule has 3 nitrogen and oxygen atoms in total. The molecule has 1 amide bonds. The highest BCUT2D eigenvalue weighted by Crippen LogP contribution is 2.17. The maximum atomic E-state index is 12.5. The van der Waals surface area contributed by atoms with Crippen LogP contribution in [0.1, 0.15) is 25.3 Å². The molecule has 2 atom stereocenters. The van der Waals surface area contributed by atoms with Gasteiger partial charge in [0.2, 0.25) is 5.91 Å². The van der Waals surface area contributed by atoms with Crippen LogP contribution in [0.5, 0.6) is 0 Å². The van der Waals surface area contributed by atoms with Crippen molar-refractivity contribution >= 4 is 17.7 Å². The van der Waals surface area contributed by atoms with E-state index in [1.54, 1.807) is 0 Å². The van der Waals surface area contributed by atoms with E-state index in [9.17, 15) is 4.79 Å². The van der Waals surface area contributed by atoms with Gasteiger partial charge in [0.15, 0.2) is 0 Å². The minimum Gasteiger partial charge on any atom is -0.325 e. The lowest BCUT2D eigenvalue weighted by Crippen LogP contribution is -2.39. The predicted molar refractivity (Wildman–Crippen MR) is 85.9 cm³/mol. The van der Waals surface area contributed by atoms with Crippen molar-refractivity contribution in [3.8, 4) is 0 Å². The van der Waals surface area contributed by atoms with E-state index in [1.807, 2.05) is 22.7 Å². The van der Waals surface area contributed by atoms with Crippen molar-refractivity contribution in [2.75, 3.05) is 18.7 Å². The number of nitrogens with zero attached hydrogens (tertiary/aromatic N) is 1. The maximum Gasteiger partial charge on any atom is 0.241 e. The fourth-order valence-corrected chi connectivity index (χ4v) is 3.49. The normalized spacial score (nSPS) is 20.4. The topological polar surface area (TPSA) is 32.3 Å². The van der Waals surface area contributed by atoms with Crippen LogP contribution >= 0.6 is 11.8 Å². The van der Waals surface area contributed by atoms with E-state index in [0.717, 1.165) is 25.0 Å². The summed E-state index contributed by atoms with van der Waals surface area (Å²) in [6.45, 7) is 2.86. The summed E-state index contributed by atoms with van der Waals surface area (Å²) in [6.07, 6.45) is 4.97. The van der Waals surface area contributed by atoms with Crippen LogP contribution in [0.4, 0.5) is 0 Å². The molecule has 1 aliphatic rings. The molecule has 4 heteroatoms. The largest absolute Gasteiger partial charge is 0.325 e. The SMILES string of the molecule is CCC(CSC)N1CNC(CCc2ccccc2)C1=O. The second-order valence-corrected chi connectivity index (χ2v) is 6.18. The van der Waals surface area contributed by atoms with Crippen molar-refractivity contribution in [1.29, 1.82) is 0 Å². The number of aryl methyl sites for hydroxylation is 1. The van der Waals surface area contributed by atoms with Gasteiger partial charge in [0.05, 0.1) is 12.7 Å². The fraction of sp³-hybridized carbons (Fsp3) is 0.562. The molecule has 110 valence electrons. The van der Waals surface area contributed by atoms with Crippen molar-refractivity contribution in [1.82, 2.24) is 10.2 Å². The molecule has 0 aliphatic carbocycles. The smallest absolute Gasteiger partial charge is 0.241 e. The van der Waals surface area contributed by atoms with Crippen molar-refractivity contribution in [3.63, 3.8) is 0 Å². The Morgan fingerprint density at radius 1 is 1.40 bits per heavy atom. The van der Waals surface area contributed by atoms with Crippen LogP contribution in [-0.4, -0.2) is 41.6 Å². The standard InChI is InChI=1S/C16H24N2OS/c1-3-14(11-20-2)18-12-17-15(16(18)19)10-9-13-7-5-4-6-8-13/h4-8,14-15,17H,3,9-12H2,1-2H3. The zero-order chi connectivity index (χ0) is 14.4. The minimum absolute atomic E-state index is 0.00823. The lowest BCUT2D eigenvalue weighted by atomic mass is 10.1. The van der Waals surface area contributed by atoms with Gasteiger partial charge < -0.3 is 4.90 Å². The number of thioether (sulfide) groups is 1. The van der Waals surface area contributed by atoms with Gasteiger partial charge >= 0.3 is 0 Å². The third-order valence-electron chi connectivity index (χ3n) is 3.92. The molecule has 0 aromatic heterocycles. The zero-order valence-corrected chi connectivity index (χ0v) is 13.2. The molecule has 1 aliphatic heterocycles. The van der Waals surface area contributed by atoms with Gasteiger partial charge in [-0.3, -0.25) is 10.1 Å². The number of benzene rings is 1. The molecule has 1 aromatic rings. The van der Waals surface area contributed by atoms with Crippen LogP contribution in [0.3, 0.4) is 0 Å². The number of carbonyl (C=O) groups excluding carboxylic acids is 1. The lowest BCUT2D eigenvalue weighted by Gasteiger charge is -2.25. The van der Waals surface area contributed by atoms with Gasteiger partial charge in [-0.15, -0.1) is 0 Å². The van der Waals surface area contributed by atoms with Gasteiger partial charge in [0.1, 0.15) is 0 Å². The molecule has 20 heavy (non-hydrogen) atoms. The third-order valence-corrected chi connectivity index (χ3v) is 4.64. The quantitative estimate of drug-likeness (QED) is 0.838. The first-order chi connectivity index (χ1) is 9.76. The molecular formula is C16H24N2OS. The highest BCUT2D eigenvalue weighted by Gasteiger charge is 2.34. The summed E-state index contributed by atoms with van der Waals surface area (Å²) in [5, 5.41) is 3.37. The number of carbonyl (C=O) groups is 1. The fourth-order valence-electron chi connectivity index (χ4n) is 2.68. The summed E-state index contributed by atoms with van der Waals surface area (Å²) < 4.78 is 0. The lowest BCUT2D eigenvalue weighted by molar-refractivity contribution is -0.130. The second kappa shape index (κ2) is 7.70. The average Bonchev–Trinajstić information content (AvgIpc) is 2.85. The van der Waals surface area contributed by atoms with Gasteiger partial charge in [0, 0.05) is 11.8 Å². The van der Waals surface area contributed by atoms with E-state index in [2.05, 4.69) is 42.8 Å². The van der Waals surface area contributed by atoms with Crippen LogP contribution in [-0.2, 0) is 11.2 Å². The Labute approximate surface area is 126 Å². The Morgan fingerprint density at radius 2 is 2.15 bits per heavy atom. The Bertz CT molecular complexity index is 424. The summed E-state index contributed by atoms with van der Waals surface area (Å²) in [5.41, 5.74) is 1.30. The van der Waals surface area contributed by atoms with Crippen molar-refractivity contribution in [2.45, 2.75) is 38.3 Å². The molecule has 0 spiro atoms. The monoisotopic (exact) mass is 292 g/mol. The Morgan fingerprint density at radius 3 is 2.80 bits per heavy atom. The number of amides is 1. The highest BCUT2D eigenvalue weighted by molar-refractivity contribution is 7.98. The Kier molecular flexibility index (Phi) is 5.92. The van der Waals surface area contributed by atoms with Gasteiger partial charge in [-0.2, -0.15) is 11.8 Å². The summed E-state index contributed by atoms with van der Waals surface area (Å²) in [4.78, 5) is 14.5. The van der Waals surface area contributed by atoms with Crippen molar-refractivity contribution in [3.05, 3.63) is 35.9 Å². The van der Waals surface area contributed by atoms with Crippen LogP contribution in [0, 0.1) is 0 Å². The summed E-state index contributed by atoms with van der Waals surface area (Å²) in [6, 6.07) is 10.7. The number of hydrogen-bond acceptors (Lipinski definition) is 3. The number of hydrogen-bond donors (Lipinski definition) is 1. The van der Waals surface area contributed by atoms with E-state index in [-0.39, 0.29) is 11.9 Å². The Hall–Kier alpha value is -1.00. The molecule has 1 saturated heterocycles. The van der Waals surface area contributed by atoms with E-state index in [4.69, 9.17) is 0 Å². The molecule has 1 N–H and O–H groups in total. The number of rotatable bonds is 7. The van der Waals surface area contributed by atoms with Gasteiger partial charge in [0.25, 0.3) is 0 Å². The van der Waals surface area contributed by atoms with Crippen LogP contribution in [0.2, 0.25) is 0 Å². The third kappa shape index (κ3) is 3.76. The molecule has 0 bridgehead atoms. The van der Waals surface area contributed by atoms with E-state index in [0.29, 0.717) is 12.7 Å². The van der Waals surface area contributed by atoms with Crippen LogP contribution < -0.4 is 5.32 Å². The first-order valence-electron chi connectivity index (χ1n) is 7.33. The van der Waals surface area contributed by atoms with Gasteiger partial charge in [-0.1, -0.05) is 37.3 Å². The molecular weight excluding hydrogens is 268 g/mol. The molecule has 2 unspecified atom stereocenters. The summed E-state index contributed by atoms with van der Waals surface area (Å²) >= 11 is 1.81. The van der Waals surface area contributed by atoms with Crippen LogP contribution in [0.25, 0.3) is 0 Å². The summed E-state index contributed by atoms with van der Waals surface area (Å²) in [7, 11) is 0. The van der Waals surface area contributed by atoms with Crippen LogP contribution in [0.15, 0.2) is 30.3 Å². The maximum absolute atomic E-state index is 12.5. The van der Waals surface area contributed by atoms with E-state index < -0.39 is 0 Å². The molecule has 0 saturated carbocycles. The molecule has 2 rings (SSSR count). The first-order valence-corrected chi connectivity index (χ1v) is 8.72. The summed E-state index contributed by atoms with van der Waals surface area (Å²) in [5.74, 6) is 1.30. The van der Waals surface area contributed by atoms with Crippen molar-refractivity contribution in [2.24, 2.45) is 0 Å². The van der Waals surface area contributed by atoms with E-state index in [1.165, 1.54) is 5.56 Å². The van der Waals surface area contributed by atoms with Gasteiger partial charge in [-0.05, 0) is 31.1 Å². The Balaban J connectivity index is 1.87. The zero-order valence-electron chi connectivity index (χ0n) is 12.3. The average molecular weight is 292 g/mol. The molecule has 1 fully saturated rings. The minimum atomic E-state index is -0.00823. The first kappa shape index (κ1) is 15.4.